The van der Waals surface area contributed by atoms with Crippen molar-refractivity contribution in [1.29, 1.82) is 0 Å². The molecule has 0 aliphatic heterocycles. The Morgan fingerprint density at radius 3 is 1.41 bits per heavy atom. The molecule has 0 amide bonds. The van der Waals surface area contributed by atoms with Crippen LogP contribution in [0.2, 0.25) is 0 Å². The van der Waals surface area contributed by atoms with Crippen LogP contribution >= 0.6 is 0 Å². The van der Waals surface area contributed by atoms with Gasteiger partial charge in [0.05, 0.1) is 12.2 Å². The highest BCUT2D eigenvalue weighted by Crippen LogP contribution is 2.61. The second-order valence-corrected chi connectivity index (χ2v) is 11.6. The van der Waals surface area contributed by atoms with E-state index in [0.29, 0.717) is 37.9 Å². The zero-order valence-electron chi connectivity index (χ0n) is 22.9. The van der Waals surface area contributed by atoms with Crippen molar-refractivity contribution in [2.24, 2.45) is 11.8 Å². The normalized spacial score (nSPS) is 25.5. The number of fused-ring (bicyclic) bond motifs is 3. The summed E-state index contributed by atoms with van der Waals surface area (Å²) < 4.78 is 12.2. The first-order valence-electron chi connectivity index (χ1n) is 14.9. The predicted octanol–water partition coefficient (Wildman–Crippen LogP) is 6.83. The van der Waals surface area contributed by atoms with Gasteiger partial charge in [-0.2, -0.15) is 0 Å². The molecule has 2 aromatic carbocycles. The van der Waals surface area contributed by atoms with Gasteiger partial charge in [0, 0.05) is 31.5 Å². The molecule has 210 valence electrons. The van der Waals surface area contributed by atoms with Crippen LogP contribution in [-0.2, 0) is 24.5 Å². The van der Waals surface area contributed by atoms with Gasteiger partial charge in [-0.1, -0.05) is 48.5 Å². The molecule has 2 aromatic rings. The third-order valence-electron chi connectivity index (χ3n) is 9.45. The van der Waals surface area contributed by atoms with Crippen molar-refractivity contribution >= 4 is 11.9 Å². The van der Waals surface area contributed by atoms with Gasteiger partial charge in [-0.15, -0.1) is 0 Å². The fraction of sp³-hybridized carbons (Fsp3) is 0.576. The summed E-state index contributed by atoms with van der Waals surface area (Å²) in [5.74, 6) is -0.468. The third-order valence-corrected chi connectivity index (χ3v) is 9.45. The number of hydrogen-bond donors (Lipinski definition) is 2. The minimum absolute atomic E-state index is 0.0181. The van der Waals surface area contributed by atoms with E-state index >= 15 is 0 Å². The first-order valence-corrected chi connectivity index (χ1v) is 14.9. The minimum Gasteiger partial charge on any atom is -0.481 e. The molecule has 5 rings (SSSR count). The molecule has 0 radical (unpaired) electrons. The van der Waals surface area contributed by atoms with Crippen LogP contribution in [0.15, 0.2) is 48.5 Å². The Kier molecular flexibility index (Phi) is 9.03. The molecule has 0 spiro atoms. The molecule has 0 aromatic heterocycles. The average molecular weight is 535 g/mol. The van der Waals surface area contributed by atoms with E-state index < -0.39 is 11.9 Å². The van der Waals surface area contributed by atoms with Gasteiger partial charge in [0.1, 0.15) is 0 Å². The molecule has 0 saturated heterocycles. The van der Waals surface area contributed by atoms with Crippen LogP contribution < -0.4 is 0 Å². The molecule has 2 saturated carbocycles. The Labute approximate surface area is 231 Å². The quantitative estimate of drug-likeness (QED) is 0.290. The summed E-state index contributed by atoms with van der Waals surface area (Å²) in [4.78, 5) is 21.7. The molecular formula is C33H42O6. The second-order valence-electron chi connectivity index (χ2n) is 11.6. The molecule has 6 nitrogen and oxygen atoms in total. The first-order chi connectivity index (χ1) is 19.0. The topological polar surface area (TPSA) is 93.1 Å². The monoisotopic (exact) mass is 534 g/mol. The van der Waals surface area contributed by atoms with Gasteiger partial charge in [-0.05, 0) is 98.3 Å². The number of carbonyl (C=O) groups is 2. The van der Waals surface area contributed by atoms with E-state index in [4.69, 9.17) is 19.7 Å². The summed E-state index contributed by atoms with van der Waals surface area (Å²) in [5, 5.41) is 17.8. The molecule has 0 atom stereocenters. The lowest BCUT2D eigenvalue weighted by atomic mass is 9.54. The Balaban J connectivity index is 1.34. The Morgan fingerprint density at radius 1 is 0.641 bits per heavy atom. The predicted molar refractivity (Wildman–Crippen MR) is 150 cm³/mol. The van der Waals surface area contributed by atoms with Gasteiger partial charge in [0.25, 0.3) is 0 Å². The second kappa shape index (κ2) is 12.6. The van der Waals surface area contributed by atoms with E-state index in [2.05, 4.69) is 48.5 Å². The molecular weight excluding hydrogens is 492 g/mol. The van der Waals surface area contributed by atoms with E-state index in [-0.39, 0.29) is 30.5 Å². The number of aliphatic carboxylic acids is 2. The van der Waals surface area contributed by atoms with Crippen molar-refractivity contribution in [2.75, 3.05) is 13.2 Å². The van der Waals surface area contributed by atoms with Gasteiger partial charge in [-0.3, -0.25) is 9.59 Å². The summed E-state index contributed by atoms with van der Waals surface area (Å²) in [6.07, 6.45) is 10.4. The lowest BCUT2D eigenvalue weighted by molar-refractivity contribution is -0.138. The third kappa shape index (κ3) is 5.92. The van der Waals surface area contributed by atoms with Gasteiger partial charge >= 0.3 is 11.9 Å². The van der Waals surface area contributed by atoms with Crippen molar-refractivity contribution in [3.05, 3.63) is 59.7 Å². The van der Waals surface area contributed by atoms with Gasteiger partial charge in [-0.25, -0.2) is 0 Å². The van der Waals surface area contributed by atoms with Crippen LogP contribution in [0.5, 0.6) is 0 Å². The van der Waals surface area contributed by atoms with E-state index in [1.165, 1.54) is 22.3 Å². The number of rotatable bonds is 12. The van der Waals surface area contributed by atoms with Crippen LogP contribution in [0.1, 0.15) is 88.2 Å². The number of carboxylic acids is 2. The van der Waals surface area contributed by atoms with Crippen molar-refractivity contribution < 1.29 is 29.3 Å². The summed E-state index contributed by atoms with van der Waals surface area (Å²) in [5.41, 5.74) is 5.72. The fourth-order valence-corrected chi connectivity index (χ4v) is 7.83. The lowest BCUT2D eigenvalue weighted by Crippen LogP contribution is -2.46. The number of carboxylic acid groups (broad SMARTS) is 2. The number of ether oxygens (including phenoxy) is 2. The van der Waals surface area contributed by atoms with Crippen LogP contribution in [0, 0.1) is 11.8 Å². The summed E-state index contributed by atoms with van der Waals surface area (Å²) >= 11 is 0. The molecule has 3 aliphatic rings. The summed E-state index contributed by atoms with van der Waals surface area (Å²) in [6, 6.07) is 18.1. The summed E-state index contributed by atoms with van der Waals surface area (Å²) in [7, 11) is 0. The molecule has 0 unspecified atom stereocenters. The lowest BCUT2D eigenvalue weighted by Gasteiger charge is -2.50. The Morgan fingerprint density at radius 2 is 1.03 bits per heavy atom. The van der Waals surface area contributed by atoms with Crippen LogP contribution in [0.4, 0.5) is 0 Å². The minimum atomic E-state index is -0.761. The maximum atomic E-state index is 10.9. The maximum absolute atomic E-state index is 10.9. The Hall–Kier alpha value is -2.70. The SMILES string of the molecule is O=C(O)CCCOC1CCC(C2(C3CCC(OCCCC(=O)O)CC3)c3ccccc3-c3ccccc32)CC1. The molecule has 6 heteroatoms. The molecule has 2 N–H and O–H groups in total. The number of hydrogen-bond acceptors (Lipinski definition) is 4. The van der Waals surface area contributed by atoms with Crippen molar-refractivity contribution in [3.63, 3.8) is 0 Å². The Bertz CT molecular complexity index is 1040. The van der Waals surface area contributed by atoms with Gasteiger partial charge < -0.3 is 19.7 Å². The highest BCUT2D eigenvalue weighted by Gasteiger charge is 2.54. The van der Waals surface area contributed by atoms with Crippen LogP contribution in [0.25, 0.3) is 11.1 Å². The van der Waals surface area contributed by atoms with E-state index in [9.17, 15) is 9.59 Å². The van der Waals surface area contributed by atoms with E-state index in [1.807, 2.05) is 0 Å². The first kappa shape index (κ1) is 27.9. The highest BCUT2D eigenvalue weighted by molar-refractivity contribution is 5.81. The molecule has 3 aliphatic carbocycles. The van der Waals surface area contributed by atoms with E-state index in [0.717, 1.165) is 51.4 Å². The van der Waals surface area contributed by atoms with Crippen molar-refractivity contribution in [1.82, 2.24) is 0 Å². The van der Waals surface area contributed by atoms with Gasteiger partial charge in [0.15, 0.2) is 0 Å². The van der Waals surface area contributed by atoms with Gasteiger partial charge in [0.2, 0.25) is 0 Å². The zero-order chi connectivity index (χ0) is 27.2. The molecule has 39 heavy (non-hydrogen) atoms. The van der Waals surface area contributed by atoms with E-state index in [1.54, 1.807) is 0 Å². The molecule has 2 fully saturated rings. The largest absolute Gasteiger partial charge is 0.481 e. The summed E-state index contributed by atoms with van der Waals surface area (Å²) in [6.45, 7) is 1.05. The van der Waals surface area contributed by atoms with Crippen LogP contribution in [-0.4, -0.2) is 47.6 Å². The van der Waals surface area contributed by atoms with Crippen LogP contribution in [0.3, 0.4) is 0 Å². The molecule has 0 bridgehead atoms. The fourth-order valence-electron chi connectivity index (χ4n) is 7.83. The standard InChI is InChI=1S/C33H42O6/c34-31(35)11-5-21-38-25-17-13-23(14-18-25)33(24-15-19-26(20-16-24)39-22-6-12-32(36)37)29-9-3-1-7-27(29)28-8-2-4-10-30(28)33/h1-4,7-10,23-26H,5-6,11-22H2,(H,34,35)(H,36,37). The maximum Gasteiger partial charge on any atom is 0.303 e. The van der Waals surface area contributed by atoms with Crippen molar-refractivity contribution in [2.45, 2.75) is 94.7 Å². The highest BCUT2D eigenvalue weighted by atomic mass is 16.5. The van der Waals surface area contributed by atoms with Crippen molar-refractivity contribution in [3.8, 4) is 11.1 Å². The molecule has 0 heterocycles. The smallest absolute Gasteiger partial charge is 0.303 e. The number of benzene rings is 2. The average Bonchev–Trinajstić information content (AvgIpc) is 3.25. The zero-order valence-corrected chi connectivity index (χ0v) is 22.9.